The van der Waals surface area contributed by atoms with Crippen molar-refractivity contribution in [1.82, 2.24) is 5.32 Å². The number of amides is 1. The monoisotopic (exact) mass is 441 g/mol. The fraction of sp³-hybridized carbons (Fsp3) is 0.500. The molecule has 0 heterocycles. The highest BCUT2D eigenvalue weighted by molar-refractivity contribution is 6.74. The van der Waals surface area contributed by atoms with Crippen molar-refractivity contribution in [3.8, 4) is 11.1 Å². The van der Waals surface area contributed by atoms with E-state index in [1.807, 2.05) is 26.8 Å². The summed E-state index contributed by atoms with van der Waals surface area (Å²) in [4.78, 5) is 12.0. The van der Waals surface area contributed by atoms with Crippen LogP contribution in [-0.2, 0) is 22.3 Å². The molecule has 0 aliphatic carbocycles. The third-order valence-electron chi connectivity index (χ3n) is 5.78. The number of alkyl carbamates (subject to hydrolysis) is 1. The minimum Gasteiger partial charge on any atom is -0.444 e. The Morgan fingerprint density at radius 2 is 1.65 bits per heavy atom. The van der Waals surface area contributed by atoms with Crippen LogP contribution in [0.5, 0.6) is 0 Å². The van der Waals surface area contributed by atoms with E-state index in [2.05, 4.69) is 82.5 Å². The van der Waals surface area contributed by atoms with Crippen molar-refractivity contribution in [3.05, 3.63) is 59.2 Å². The predicted octanol–water partition coefficient (Wildman–Crippen LogP) is 7.21. The molecule has 31 heavy (non-hydrogen) atoms. The summed E-state index contributed by atoms with van der Waals surface area (Å²) in [6.07, 6.45) is -0.403. The number of nitrogens with one attached hydrogen (secondary N) is 1. The van der Waals surface area contributed by atoms with E-state index in [0.717, 1.165) is 16.7 Å². The van der Waals surface area contributed by atoms with Crippen LogP contribution in [0, 0.1) is 6.92 Å². The Morgan fingerprint density at radius 3 is 2.26 bits per heavy atom. The Labute approximate surface area is 189 Å². The quantitative estimate of drug-likeness (QED) is 0.482. The number of ether oxygens (including phenoxy) is 1. The zero-order valence-electron chi connectivity index (χ0n) is 20.7. The van der Waals surface area contributed by atoms with Crippen LogP contribution in [0.4, 0.5) is 4.79 Å². The molecule has 1 amide bonds. The van der Waals surface area contributed by atoms with Crippen LogP contribution in [0.25, 0.3) is 11.1 Å². The first-order chi connectivity index (χ1) is 14.2. The summed E-state index contributed by atoms with van der Waals surface area (Å²) in [5.74, 6) is 0. The highest BCUT2D eigenvalue weighted by Gasteiger charge is 2.37. The lowest BCUT2D eigenvalue weighted by Crippen LogP contribution is -2.40. The van der Waals surface area contributed by atoms with Gasteiger partial charge in [-0.2, -0.15) is 0 Å². The molecule has 2 rings (SSSR count). The number of carbonyl (C=O) groups is 1. The average Bonchev–Trinajstić information content (AvgIpc) is 2.64. The van der Waals surface area contributed by atoms with E-state index in [9.17, 15) is 4.79 Å². The van der Waals surface area contributed by atoms with E-state index in [0.29, 0.717) is 13.2 Å². The molecule has 0 radical (unpaired) electrons. The first-order valence-corrected chi connectivity index (χ1v) is 13.9. The van der Waals surface area contributed by atoms with Gasteiger partial charge < -0.3 is 14.5 Å². The van der Waals surface area contributed by atoms with E-state index in [-0.39, 0.29) is 5.04 Å². The molecule has 1 N–H and O–H groups in total. The molecule has 0 spiro atoms. The minimum absolute atomic E-state index is 0.191. The van der Waals surface area contributed by atoms with Gasteiger partial charge in [0.25, 0.3) is 0 Å². The largest absolute Gasteiger partial charge is 0.444 e. The molecule has 0 aromatic heterocycles. The highest BCUT2D eigenvalue weighted by atomic mass is 28.4. The van der Waals surface area contributed by atoms with Crippen molar-refractivity contribution < 1.29 is 14.0 Å². The number of benzene rings is 2. The SMILES string of the molecule is Cc1ccc(CNC(=O)OC(C)(C)C)cc1-c1cccc(CO[Si](C)(C)C(C)(C)C)c1. The van der Waals surface area contributed by atoms with E-state index in [1.165, 1.54) is 11.1 Å². The van der Waals surface area contributed by atoms with Gasteiger partial charge >= 0.3 is 6.09 Å². The van der Waals surface area contributed by atoms with Gasteiger partial charge in [-0.05, 0) is 85.8 Å². The number of hydrogen-bond acceptors (Lipinski definition) is 3. The van der Waals surface area contributed by atoms with Crippen LogP contribution in [0.3, 0.4) is 0 Å². The van der Waals surface area contributed by atoms with Crippen LogP contribution in [-0.4, -0.2) is 20.0 Å². The van der Waals surface area contributed by atoms with Gasteiger partial charge in [0.15, 0.2) is 8.32 Å². The lowest BCUT2D eigenvalue weighted by molar-refractivity contribution is 0.0523. The molecular formula is C26H39NO3Si. The second kappa shape index (κ2) is 9.57. The summed E-state index contributed by atoms with van der Waals surface area (Å²) in [6, 6.07) is 14.8. The highest BCUT2D eigenvalue weighted by Crippen LogP contribution is 2.37. The van der Waals surface area contributed by atoms with Gasteiger partial charge in [-0.25, -0.2) is 4.79 Å². The van der Waals surface area contributed by atoms with Crippen molar-refractivity contribution in [1.29, 1.82) is 0 Å². The van der Waals surface area contributed by atoms with Crippen molar-refractivity contribution in [2.75, 3.05) is 0 Å². The van der Waals surface area contributed by atoms with Crippen molar-refractivity contribution in [3.63, 3.8) is 0 Å². The maximum absolute atomic E-state index is 12.0. The second-order valence-electron chi connectivity index (χ2n) is 10.8. The molecule has 170 valence electrons. The first kappa shape index (κ1) is 25.2. The molecule has 2 aromatic rings. The summed E-state index contributed by atoms with van der Waals surface area (Å²) in [7, 11) is -1.80. The lowest BCUT2D eigenvalue weighted by atomic mass is 9.97. The number of aryl methyl sites for hydroxylation is 1. The van der Waals surface area contributed by atoms with Gasteiger partial charge in [0.1, 0.15) is 5.60 Å². The molecular weight excluding hydrogens is 402 g/mol. The van der Waals surface area contributed by atoms with Crippen molar-refractivity contribution in [2.45, 2.75) is 85.4 Å². The number of carbonyl (C=O) groups excluding carboxylic acids is 1. The summed E-state index contributed by atoms with van der Waals surface area (Å²) in [5.41, 5.74) is 5.23. The predicted molar refractivity (Wildman–Crippen MR) is 132 cm³/mol. The van der Waals surface area contributed by atoms with Gasteiger partial charge in [-0.15, -0.1) is 0 Å². The molecule has 0 bridgehead atoms. The fourth-order valence-corrected chi connectivity index (χ4v) is 3.85. The maximum atomic E-state index is 12.0. The molecule has 0 unspecified atom stereocenters. The Balaban J connectivity index is 2.15. The fourth-order valence-electron chi connectivity index (χ4n) is 2.89. The van der Waals surface area contributed by atoms with Crippen LogP contribution in [0.15, 0.2) is 42.5 Å². The Kier molecular flexibility index (Phi) is 7.77. The lowest BCUT2D eigenvalue weighted by Gasteiger charge is -2.36. The molecule has 5 heteroatoms. The molecule has 4 nitrogen and oxygen atoms in total. The van der Waals surface area contributed by atoms with Gasteiger partial charge in [0.05, 0.1) is 6.61 Å². The van der Waals surface area contributed by atoms with E-state index in [1.54, 1.807) is 0 Å². The summed E-state index contributed by atoms with van der Waals surface area (Å²) in [6.45, 7) is 20.1. The third kappa shape index (κ3) is 7.51. The summed E-state index contributed by atoms with van der Waals surface area (Å²) in [5, 5.41) is 3.03. The number of hydrogen-bond donors (Lipinski definition) is 1. The zero-order valence-corrected chi connectivity index (χ0v) is 21.7. The Bertz CT molecular complexity index is 908. The summed E-state index contributed by atoms with van der Waals surface area (Å²) >= 11 is 0. The van der Waals surface area contributed by atoms with Crippen LogP contribution in [0.1, 0.15) is 58.2 Å². The second-order valence-corrected chi connectivity index (χ2v) is 15.6. The molecule has 0 saturated carbocycles. The van der Waals surface area contributed by atoms with Crippen molar-refractivity contribution >= 4 is 14.4 Å². The average molecular weight is 442 g/mol. The third-order valence-corrected chi connectivity index (χ3v) is 10.3. The van der Waals surface area contributed by atoms with Gasteiger partial charge in [0.2, 0.25) is 0 Å². The number of rotatable bonds is 6. The van der Waals surface area contributed by atoms with E-state index in [4.69, 9.17) is 9.16 Å². The van der Waals surface area contributed by atoms with Crippen LogP contribution < -0.4 is 5.32 Å². The molecule has 0 aliphatic rings. The standard InChI is InChI=1S/C26H39NO3Si/c1-19-13-14-20(17-27-24(28)30-25(2,3)4)16-23(19)22-12-10-11-21(15-22)18-29-31(8,9)26(5,6)7/h10-16H,17-18H2,1-9H3,(H,27,28). The van der Waals surface area contributed by atoms with Crippen LogP contribution in [0.2, 0.25) is 18.1 Å². The molecule has 0 fully saturated rings. The molecule has 0 aliphatic heterocycles. The minimum atomic E-state index is -1.80. The normalized spacial score (nSPS) is 12.5. The molecule has 0 atom stereocenters. The van der Waals surface area contributed by atoms with Crippen LogP contribution >= 0.6 is 0 Å². The Hall–Kier alpha value is -2.11. The smallest absolute Gasteiger partial charge is 0.407 e. The first-order valence-electron chi connectivity index (χ1n) is 11.0. The van der Waals surface area contributed by atoms with E-state index >= 15 is 0 Å². The maximum Gasteiger partial charge on any atom is 0.407 e. The van der Waals surface area contributed by atoms with Gasteiger partial charge in [0, 0.05) is 6.54 Å². The zero-order chi connectivity index (χ0) is 23.4. The van der Waals surface area contributed by atoms with Gasteiger partial charge in [-0.3, -0.25) is 0 Å². The molecule has 2 aromatic carbocycles. The van der Waals surface area contributed by atoms with Gasteiger partial charge in [-0.1, -0.05) is 51.1 Å². The Morgan fingerprint density at radius 1 is 0.968 bits per heavy atom. The topological polar surface area (TPSA) is 47.6 Å². The molecule has 0 saturated heterocycles. The van der Waals surface area contributed by atoms with Crippen molar-refractivity contribution in [2.24, 2.45) is 0 Å². The summed E-state index contributed by atoms with van der Waals surface area (Å²) < 4.78 is 11.7. The van der Waals surface area contributed by atoms with E-state index < -0.39 is 20.0 Å².